The van der Waals surface area contributed by atoms with E-state index in [1.165, 1.54) is 5.56 Å². The Bertz CT molecular complexity index is 481. The van der Waals surface area contributed by atoms with Gasteiger partial charge in [0.15, 0.2) is 0 Å². The number of alkyl halides is 1. The van der Waals surface area contributed by atoms with E-state index in [1.54, 1.807) is 11.3 Å². The monoisotopic (exact) mass is 334 g/mol. The Kier molecular flexibility index (Phi) is 4.31. The molecule has 2 rings (SSSR count). The first-order valence-corrected chi connectivity index (χ1v) is 7.27. The van der Waals surface area contributed by atoms with Crippen molar-refractivity contribution >= 4 is 50.5 Å². The molecule has 0 saturated heterocycles. The molecule has 2 aromatic rings. The summed E-state index contributed by atoms with van der Waals surface area (Å²) in [4.78, 5) is 1.04. The summed E-state index contributed by atoms with van der Waals surface area (Å²) in [5, 5.41) is 2.68. The minimum Gasteiger partial charge on any atom is -0.146 e. The Morgan fingerprint density at radius 1 is 1.31 bits per heavy atom. The minimum atomic E-state index is -0.0539. The largest absolute Gasteiger partial charge is 0.146 e. The summed E-state index contributed by atoms with van der Waals surface area (Å²) in [5.41, 5.74) is 1.21. The third-order valence-corrected chi connectivity index (χ3v) is 4.70. The number of rotatable bonds is 3. The van der Waals surface area contributed by atoms with Crippen LogP contribution in [0.2, 0.25) is 5.02 Å². The highest BCUT2D eigenvalue weighted by Crippen LogP contribution is 2.35. The lowest BCUT2D eigenvalue weighted by Gasteiger charge is -2.08. The van der Waals surface area contributed by atoms with Gasteiger partial charge < -0.3 is 0 Å². The van der Waals surface area contributed by atoms with Crippen LogP contribution in [0, 0.1) is 0 Å². The van der Waals surface area contributed by atoms with Gasteiger partial charge in [-0.15, -0.1) is 22.9 Å². The van der Waals surface area contributed by atoms with E-state index in [9.17, 15) is 0 Å². The normalized spacial score (nSPS) is 12.7. The van der Waals surface area contributed by atoms with E-state index in [0.717, 1.165) is 20.8 Å². The summed E-state index contributed by atoms with van der Waals surface area (Å²) in [6.07, 6.45) is 0.793. The van der Waals surface area contributed by atoms with Crippen LogP contribution in [-0.2, 0) is 6.42 Å². The molecule has 0 aliphatic heterocycles. The molecule has 0 radical (unpaired) electrons. The molecule has 0 N–H and O–H groups in total. The fourth-order valence-electron chi connectivity index (χ4n) is 1.49. The van der Waals surface area contributed by atoms with Crippen LogP contribution >= 0.6 is 50.5 Å². The third-order valence-electron chi connectivity index (χ3n) is 2.23. The van der Waals surface area contributed by atoms with Gasteiger partial charge in [0.2, 0.25) is 0 Å². The maximum absolute atomic E-state index is 6.35. The molecular formula is C12H9BrCl2S. The fourth-order valence-corrected chi connectivity index (χ4v) is 3.61. The van der Waals surface area contributed by atoms with Gasteiger partial charge in [-0.05, 0) is 35.6 Å². The molecule has 0 bridgehead atoms. The molecule has 0 aliphatic rings. The standard InChI is InChI=1S/C12H9BrCl2S/c13-9-3-1-2-8(6-9)7-11(15)12-10(14)4-5-16-12/h1-6,11H,7H2. The molecule has 0 amide bonds. The number of hydrogen-bond acceptors (Lipinski definition) is 1. The van der Waals surface area contributed by atoms with E-state index in [2.05, 4.69) is 28.1 Å². The maximum atomic E-state index is 6.35. The van der Waals surface area contributed by atoms with Gasteiger partial charge in [-0.25, -0.2) is 0 Å². The van der Waals surface area contributed by atoms with Crippen LogP contribution in [0.4, 0.5) is 0 Å². The second-order valence-corrected chi connectivity index (χ2v) is 6.23. The van der Waals surface area contributed by atoms with Crippen LogP contribution in [0.3, 0.4) is 0 Å². The van der Waals surface area contributed by atoms with Crippen molar-refractivity contribution in [1.82, 2.24) is 0 Å². The van der Waals surface area contributed by atoms with Gasteiger partial charge in [-0.2, -0.15) is 0 Å². The van der Waals surface area contributed by atoms with E-state index >= 15 is 0 Å². The minimum absolute atomic E-state index is 0.0539. The van der Waals surface area contributed by atoms with Crippen molar-refractivity contribution in [2.24, 2.45) is 0 Å². The van der Waals surface area contributed by atoms with Gasteiger partial charge in [0.1, 0.15) is 0 Å². The van der Waals surface area contributed by atoms with Crippen LogP contribution in [-0.4, -0.2) is 0 Å². The molecule has 1 aromatic heterocycles. The highest BCUT2D eigenvalue weighted by molar-refractivity contribution is 9.10. The molecule has 1 atom stereocenters. The number of hydrogen-bond donors (Lipinski definition) is 0. The lowest BCUT2D eigenvalue weighted by atomic mass is 10.1. The topological polar surface area (TPSA) is 0 Å². The van der Waals surface area contributed by atoms with Crippen molar-refractivity contribution in [3.8, 4) is 0 Å². The molecule has 16 heavy (non-hydrogen) atoms. The lowest BCUT2D eigenvalue weighted by molar-refractivity contribution is 0.939. The van der Waals surface area contributed by atoms with Crippen LogP contribution in [0.5, 0.6) is 0 Å². The predicted molar refractivity (Wildman–Crippen MR) is 75.8 cm³/mol. The van der Waals surface area contributed by atoms with E-state index in [4.69, 9.17) is 23.2 Å². The Labute approximate surface area is 117 Å². The summed E-state index contributed by atoms with van der Waals surface area (Å²) in [6.45, 7) is 0. The molecule has 0 spiro atoms. The Morgan fingerprint density at radius 3 is 2.75 bits per heavy atom. The van der Waals surface area contributed by atoms with Gasteiger partial charge in [0.05, 0.1) is 10.4 Å². The lowest BCUT2D eigenvalue weighted by Crippen LogP contribution is -1.93. The number of benzene rings is 1. The van der Waals surface area contributed by atoms with Crippen molar-refractivity contribution < 1.29 is 0 Å². The molecule has 1 aromatic carbocycles. The van der Waals surface area contributed by atoms with Crippen LogP contribution in [0.25, 0.3) is 0 Å². The highest BCUT2D eigenvalue weighted by Gasteiger charge is 2.13. The molecule has 1 unspecified atom stereocenters. The highest BCUT2D eigenvalue weighted by atomic mass is 79.9. The van der Waals surface area contributed by atoms with Gasteiger partial charge in [-0.3, -0.25) is 0 Å². The smallest absolute Gasteiger partial charge is 0.0733 e. The van der Waals surface area contributed by atoms with E-state index < -0.39 is 0 Å². The summed E-state index contributed by atoms with van der Waals surface area (Å²) in [6, 6.07) is 10.1. The van der Waals surface area contributed by atoms with Gasteiger partial charge >= 0.3 is 0 Å². The maximum Gasteiger partial charge on any atom is 0.0733 e. The molecule has 1 heterocycles. The second-order valence-electron chi connectivity index (χ2n) is 3.43. The van der Waals surface area contributed by atoms with E-state index in [1.807, 2.05) is 23.6 Å². The zero-order chi connectivity index (χ0) is 11.5. The average Bonchev–Trinajstić information content (AvgIpc) is 2.64. The zero-order valence-electron chi connectivity index (χ0n) is 8.29. The van der Waals surface area contributed by atoms with Crippen molar-refractivity contribution in [3.05, 3.63) is 55.6 Å². The Hall–Kier alpha value is -0.0200. The molecule has 0 aliphatic carbocycles. The molecule has 0 nitrogen and oxygen atoms in total. The van der Waals surface area contributed by atoms with Crippen molar-refractivity contribution in [2.45, 2.75) is 11.8 Å². The molecule has 84 valence electrons. The first-order chi connectivity index (χ1) is 7.66. The molecule has 0 fully saturated rings. The zero-order valence-corrected chi connectivity index (χ0v) is 12.2. The van der Waals surface area contributed by atoms with Crippen molar-refractivity contribution in [2.75, 3.05) is 0 Å². The number of halogens is 3. The SMILES string of the molecule is Clc1ccsc1C(Cl)Cc1cccc(Br)c1. The predicted octanol–water partition coefficient (Wildman–Crippen LogP) is 5.69. The first-order valence-electron chi connectivity index (χ1n) is 4.78. The molecule has 4 heteroatoms. The van der Waals surface area contributed by atoms with Crippen LogP contribution in [0.1, 0.15) is 15.8 Å². The first kappa shape index (κ1) is 12.4. The van der Waals surface area contributed by atoms with Crippen LogP contribution < -0.4 is 0 Å². The Balaban J connectivity index is 2.14. The summed E-state index contributed by atoms with van der Waals surface area (Å²) in [5.74, 6) is 0. The third kappa shape index (κ3) is 3.01. The summed E-state index contributed by atoms with van der Waals surface area (Å²) in [7, 11) is 0. The quantitative estimate of drug-likeness (QED) is 0.632. The molecule has 0 saturated carbocycles. The summed E-state index contributed by atoms with van der Waals surface area (Å²) >= 11 is 17.5. The molecular weight excluding hydrogens is 327 g/mol. The van der Waals surface area contributed by atoms with E-state index in [-0.39, 0.29) is 5.38 Å². The van der Waals surface area contributed by atoms with Gasteiger partial charge in [0, 0.05) is 9.35 Å². The van der Waals surface area contributed by atoms with Gasteiger partial charge in [0.25, 0.3) is 0 Å². The van der Waals surface area contributed by atoms with Crippen molar-refractivity contribution in [1.29, 1.82) is 0 Å². The second kappa shape index (κ2) is 5.54. The number of thiophene rings is 1. The average molecular weight is 336 g/mol. The van der Waals surface area contributed by atoms with Crippen molar-refractivity contribution in [3.63, 3.8) is 0 Å². The van der Waals surface area contributed by atoms with Gasteiger partial charge in [-0.1, -0.05) is 39.7 Å². The fraction of sp³-hybridized carbons (Fsp3) is 0.167. The van der Waals surface area contributed by atoms with E-state index in [0.29, 0.717) is 0 Å². The summed E-state index contributed by atoms with van der Waals surface area (Å²) < 4.78 is 1.08. The Morgan fingerprint density at radius 2 is 2.12 bits per heavy atom. The van der Waals surface area contributed by atoms with Crippen LogP contribution in [0.15, 0.2) is 40.2 Å².